The van der Waals surface area contributed by atoms with Gasteiger partial charge in [-0.2, -0.15) is 0 Å². The fourth-order valence-electron chi connectivity index (χ4n) is 6.01. The summed E-state index contributed by atoms with van der Waals surface area (Å²) in [5, 5.41) is 3.69. The van der Waals surface area contributed by atoms with Crippen LogP contribution in [0.25, 0.3) is 55.6 Å². The summed E-state index contributed by atoms with van der Waals surface area (Å²) < 4.78 is 6.20. The Morgan fingerprint density at radius 3 is 2.19 bits per heavy atom. The van der Waals surface area contributed by atoms with Crippen LogP contribution in [-0.2, 0) is 26.5 Å². The summed E-state index contributed by atoms with van der Waals surface area (Å²) in [6.45, 7) is 16.1. The molecule has 0 atom stereocenters. The fourth-order valence-corrected chi connectivity index (χ4v) is 7.58. The number of nitrogens with zero attached hydrogens (tertiary/aromatic N) is 2. The van der Waals surface area contributed by atoms with E-state index in [4.69, 9.17) is 9.40 Å². The molecule has 7 aromatic rings. The number of furan rings is 1. The molecule has 3 nitrogen and oxygen atoms in total. The third-order valence-corrected chi connectivity index (χ3v) is 10.3. The zero-order valence-electron chi connectivity index (χ0n) is 28.8. The van der Waals surface area contributed by atoms with Crippen LogP contribution >= 0.6 is 0 Å². The average Bonchev–Trinajstić information content (AvgIpc) is 3.43. The molecule has 0 saturated heterocycles. The first-order valence-corrected chi connectivity index (χ1v) is 19.8. The Balaban J connectivity index is 0.000000189. The van der Waals surface area contributed by atoms with E-state index in [-0.39, 0.29) is 25.5 Å². The Bertz CT molecular complexity index is 2140. The fraction of sp³-hybridized carbons (Fsp3) is 0.209. The molecule has 0 aliphatic rings. The van der Waals surface area contributed by atoms with Gasteiger partial charge in [-0.1, -0.05) is 111 Å². The molecule has 3 heterocycles. The van der Waals surface area contributed by atoms with Crippen molar-refractivity contribution in [2.45, 2.75) is 53.8 Å². The normalized spacial score (nSPS) is 11.6. The molecule has 0 amide bonds. The number of aryl methyl sites for hydroxylation is 1. The van der Waals surface area contributed by atoms with Gasteiger partial charge in [-0.05, 0) is 64.7 Å². The minimum atomic E-state index is -1.37. The monoisotopic (exact) mass is 823 g/mol. The van der Waals surface area contributed by atoms with Crippen molar-refractivity contribution in [2.75, 3.05) is 0 Å². The molecule has 0 N–H and O–H groups in total. The summed E-state index contributed by atoms with van der Waals surface area (Å²) >= 11 is 0. The van der Waals surface area contributed by atoms with Crippen LogP contribution in [0.15, 0.2) is 120 Å². The minimum Gasteiger partial charge on any atom is -0.501 e. The third kappa shape index (κ3) is 8.10. The summed E-state index contributed by atoms with van der Waals surface area (Å²) in [6.07, 6.45) is 5.03. The van der Waals surface area contributed by atoms with Gasteiger partial charge in [0.15, 0.2) is 0 Å². The van der Waals surface area contributed by atoms with Crippen LogP contribution in [0.5, 0.6) is 0 Å². The molecule has 3 aromatic heterocycles. The van der Waals surface area contributed by atoms with Crippen LogP contribution in [0, 0.1) is 24.5 Å². The first-order valence-electron chi connectivity index (χ1n) is 16.3. The molecule has 0 fully saturated rings. The van der Waals surface area contributed by atoms with Gasteiger partial charge in [0.2, 0.25) is 0 Å². The number of pyridine rings is 2. The Labute approximate surface area is 299 Å². The van der Waals surface area contributed by atoms with Gasteiger partial charge in [-0.25, -0.2) is 0 Å². The molecule has 245 valence electrons. The molecule has 7 rings (SSSR count). The van der Waals surface area contributed by atoms with Crippen molar-refractivity contribution in [2.24, 2.45) is 5.41 Å². The predicted molar refractivity (Wildman–Crippen MR) is 201 cm³/mol. The molecular weight excluding hydrogens is 781 g/mol. The summed E-state index contributed by atoms with van der Waals surface area (Å²) in [5.74, 6) is 0. The molecule has 0 spiro atoms. The summed E-state index contributed by atoms with van der Waals surface area (Å²) in [7, 11) is -1.37. The van der Waals surface area contributed by atoms with Crippen molar-refractivity contribution in [3.05, 3.63) is 139 Å². The average molecular weight is 823 g/mol. The van der Waals surface area contributed by atoms with E-state index < -0.39 is 8.07 Å². The van der Waals surface area contributed by atoms with Gasteiger partial charge in [0, 0.05) is 37.9 Å². The molecular formula is C43H42IrN2OSi-2. The first kappa shape index (κ1) is 35.2. The van der Waals surface area contributed by atoms with Gasteiger partial charge in [-0.15, -0.1) is 54.1 Å². The van der Waals surface area contributed by atoms with Gasteiger partial charge < -0.3 is 14.4 Å². The SMILES string of the molecule is CC(C)(C)Cc1cc(-c2[c-]cccc2)ncc1[Si](C)(C)C.Cc1ccnc(-c2[c-]ccc3c2oc2ccc(-c4ccccc4)cc23)c1.[Ir]. The molecule has 0 aliphatic heterocycles. The molecule has 4 aromatic carbocycles. The predicted octanol–water partition coefficient (Wildman–Crippen LogP) is 11.1. The van der Waals surface area contributed by atoms with Gasteiger partial charge in [-0.3, -0.25) is 0 Å². The van der Waals surface area contributed by atoms with Crippen LogP contribution < -0.4 is 5.19 Å². The molecule has 48 heavy (non-hydrogen) atoms. The van der Waals surface area contributed by atoms with Crippen molar-refractivity contribution in [3.63, 3.8) is 0 Å². The maximum atomic E-state index is 6.20. The van der Waals surface area contributed by atoms with Crippen molar-refractivity contribution in [3.8, 4) is 33.6 Å². The Morgan fingerprint density at radius 1 is 0.729 bits per heavy atom. The van der Waals surface area contributed by atoms with Crippen LogP contribution in [0.1, 0.15) is 31.9 Å². The van der Waals surface area contributed by atoms with Crippen LogP contribution in [0.3, 0.4) is 0 Å². The molecule has 5 heteroatoms. The maximum Gasteiger partial charge on any atom is 0.120 e. The van der Waals surface area contributed by atoms with Crippen molar-refractivity contribution in [1.29, 1.82) is 0 Å². The van der Waals surface area contributed by atoms with E-state index in [1.807, 2.05) is 48.7 Å². The maximum absolute atomic E-state index is 6.20. The van der Waals surface area contributed by atoms with Crippen molar-refractivity contribution >= 4 is 35.2 Å². The summed E-state index contributed by atoms with van der Waals surface area (Å²) in [6, 6.07) is 41.8. The van der Waals surface area contributed by atoms with Crippen molar-refractivity contribution < 1.29 is 24.5 Å². The smallest absolute Gasteiger partial charge is 0.120 e. The van der Waals surface area contributed by atoms with E-state index in [0.29, 0.717) is 0 Å². The van der Waals surface area contributed by atoms with Gasteiger partial charge in [0.25, 0.3) is 0 Å². The molecule has 0 saturated carbocycles. The molecule has 0 bridgehead atoms. The summed E-state index contributed by atoms with van der Waals surface area (Å²) in [4.78, 5) is 9.21. The van der Waals surface area contributed by atoms with Gasteiger partial charge in [0.1, 0.15) is 5.58 Å². The topological polar surface area (TPSA) is 38.9 Å². The number of fused-ring (bicyclic) bond motifs is 3. The zero-order valence-corrected chi connectivity index (χ0v) is 32.2. The van der Waals surface area contributed by atoms with E-state index >= 15 is 0 Å². The van der Waals surface area contributed by atoms with E-state index in [9.17, 15) is 0 Å². The number of benzene rings is 4. The Morgan fingerprint density at radius 2 is 1.50 bits per heavy atom. The van der Waals surface area contributed by atoms with Crippen LogP contribution in [0.2, 0.25) is 19.6 Å². The first-order chi connectivity index (χ1) is 22.5. The van der Waals surface area contributed by atoms with Gasteiger partial charge in [0.05, 0.1) is 13.7 Å². The number of hydrogen-bond acceptors (Lipinski definition) is 3. The standard InChI is InChI=1S/C24H16NO.C19H26NSi.Ir/c1-16-12-13-25-22(14-16)20-9-5-8-19-21-15-18(17-6-3-2-4-7-17)10-11-23(21)26-24(19)20;1-19(2,3)13-16-12-17(15-10-8-7-9-11-15)20-14-18(16)21(4,5)6;/h2-8,10-15H,1H3;7-10,12,14H,13H2,1-6H3;/q2*-1;. The quantitative estimate of drug-likeness (QED) is 0.128. The van der Waals surface area contributed by atoms with Crippen LogP contribution in [-0.4, -0.2) is 18.0 Å². The molecule has 1 radical (unpaired) electrons. The van der Waals surface area contributed by atoms with E-state index in [1.165, 1.54) is 27.4 Å². The van der Waals surface area contributed by atoms with E-state index in [0.717, 1.165) is 50.9 Å². The minimum absolute atomic E-state index is 0. The second-order valence-corrected chi connectivity index (χ2v) is 19.5. The van der Waals surface area contributed by atoms with E-state index in [2.05, 4.69) is 131 Å². The molecule has 0 unspecified atom stereocenters. The second-order valence-electron chi connectivity index (χ2n) is 14.5. The largest absolute Gasteiger partial charge is 0.501 e. The van der Waals surface area contributed by atoms with Crippen LogP contribution in [0.4, 0.5) is 0 Å². The third-order valence-electron chi connectivity index (χ3n) is 8.21. The summed E-state index contributed by atoms with van der Waals surface area (Å²) in [5.41, 5.74) is 10.9. The number of aromatic nitrogens is 2. The number of rotatable bonds is 5. The van der Waals surface area contributed by atoms with Crippen molar-refractivity contribution in [1.82, 2.24) is 9.97 Å². The Hall–Kier alpha value is -4.15. The molecule has 0 aliphatic carbocycles. The van der Waals surface area contributed by atoms with Gasteiger partial charge >= 0.3 is 0 Å². The second kappa shape index (κ2) is 14.5. The Kier molecular flexibility index (Phi) is 10.6. The van der Waals surface area contributed by atoms with E-state index in [1.54, 1.807) is 0 Å². The zero-order chi connectivity index (χ0) is 33.2. The number of hydrogen-bond donors (Lipinski definition) is 0.